The van der Waals surface area contributed by atoms with Gasteiger partial charge in [-0.2, -0.15) is 0 Å². The van der Waals surface area contributed by atoms with Gasteiger partial charge in [0.05, 0.1) is 12.3 Å². The summed E-state index contributed by atoms with van der Waals surface area (Å²) in [6, 6.07) is 13.3. The van der Waals surface area contributed by atoms with E-state index in [0.717, 1.165) is 5.69 Å². The van der Waals surface area contributed by atoms with Crippen LogP contribution < -0.4 is 4.74 Å². The minimum absolute atomic E-state index is 0.124. The van der Waals surface area contributed by atoms with Gasteiger partial charge in [-0.1, -0.05) is 6.07 Å². The maximum atomic E-state index is 10.1. The van der Waals surface area contributed by atoms with Crippen LogP contribution in [0.15, 0.2) is 52.4 Å². The van der Waals surface area contributed by atoms with Crippen LogP contribution in [0.2, 0.25) is 0 Å². The number of rotatable bonds is 5. The van der Waals surface area contributed by atoms with Crippen LogP contribution in [0.1, 0.15) is 12.5 Å². The molecule has 0 amide bonds. The molecule has 0 aliphatic rings. The first kappa shape index (κ1) is 14.5. The highest BCUT2D eigenvalue weighted by Crippen LogP contribution is 2.29. The SMILES string of the molecule is CCOc1cccc(C=Nc2ccc(SC)cc2)c1O. The zero-order chi connectivity index (χ0) is 14.4. The Morgan fingerprint density at radius 1 is 1.20 bits per heavy atom. The van der Waals surface area contributed by atoms with Crippen LogP contribution in [-0.4, -0.2) is 24.2 Å². The number of thioether (sulfide) groups is 1. The fourth-order valence-corrected chi connectivity index (χ4v) is 2.14. The first-order chi connectivity index (χ1) is 9.74. The summed E-state index contributed by atoms with van der Waals surface area (Å²) in [5, 5.41) is 10.1. The molecule has 0 atom stereocenters. The smallest absolute Gasteiger partial charge is 0.166 e. The van der Waals surface area contributed by atoms with Crippen molar-refractivity contribution in [1.29, 1.82) is 0 Å². The van der Waals surface area contributed by atoms with E-state index in [1.807, 2.05) is 43.5 Å². The van der Waals surface area contributed by atoms with Crippen LogP contribution in [0, 0.1) is 0 Å². The summed E-state index contributed by atoms with van der Waals surface area (Å²) in [7, 11) is 0. The Morgan fingerprint density at radius 3 is 2.60 bits per heavy atom. The number of aliphatic imine (C=N–C) groups is 1. The maximum absolute atomic E-state index is 10.1. The zero-order valence-corrected chi connectivity index (χ0v) is 12.4. The molecule has 2 aromatic carbocycles. The molecule has 0 unspecified atom stereocenters. The minimum atomic E-state index is 0.124. The van der Waals surface area contributed by atoms with Gasteiger partial charge in [-0.3, -0.25) is 4.99 Å². The number of phenolic OH excluding ortho intramolecular Hbond substituents is 1. The van der Waals surface area contributed by atoms with Gasteiger partial charge < -0.3 is 9.84 Å². The zero-order valence-electron chi connectivity index (χ0n) is 11.5. The topological polar surface area (TPSA) is 41.8 Å². The first-order valence-electron chi connectivity index (χ1n) is 6.37. The molecule has 0 fully saturated rings. The predicted octanol–water partition coefficient (Wildman–Crippen LogP) is 4.26. The van der Waals surface area contributed by atoms with Crippen molar-refractivity contribution in [2.24, 2.45) is 4.99 Å². The highest BCUT2D eigenvalue weighted by Gasteiger charge is 2.05. The van der Waals surface area contributed by atoms with Crippen molar-refractivity contribution in [1.82, 2.24) is 0 Å². The van der Waals surface area contributed by atoms with Gasteiger partial charge in [0, 0.05) is 16.7 Å². The number of hydrogen-bond donors (Lipinski definition) is 1. The molecule has 0 saturated heterocycles. The number of para-hydroxylation sites is 1. The molecule has 4 heteroatoms. The first-order valence-corrected chi connectivity index (χ1v) is 7.60. The second-order valence-corrected chi connectivity index (χ2v) is 4.96. The van der Waals surface area contributed by atoms with Crippen LogP contribution in [-0.2, 0) is 0 Å². The van der Waals surface area contributed by atoms with Crippen LogP contribution in [0.5, 0.6) is 11.5 Å². The van der Waals surface area contributed by atoms with Crippen molar-refractivity contribution < 1.29 is 9.84 Å². The Hall–Kier alpha value is -1.94. The normalized spacial score (nSPS) is 10.9. The van der Waals surface area contributed by atoms with Gasteiger partial charge in [-0.15, -0.1) is 11.8 Å². The molecule has 0 aliphatic carbocycles. The number of ether oxygens (including phenoxy) is 1. The average Bonchev–Trinajstić information content (AvgIpc) is 2.49. The quantitative estimate of drug-likeness (QED) is 0.660. The summed E-state index contributed by atoms with van der Waals surface area (Å²) in [4.78, 5) is 5.56. The van der Waals surface area contributed by atoms with Gasteiger partial charge in [0.25, 0.3) is 0 Å². The van der Waals surface area contributed by atoms with Gasteiger partial charge in [0.1, 0.15) is 0 Å². The molecule has 0 heterocycles. The fourth-order valence-electron chi connectivity index (χ4n) is 1.73. The number of hydrogen-bond acceptors (Lipinski definition) is 4. The van der Waals surface area contributed by atoms with E-state index in [1.54, 1.807) is 30.1 Å². The standard InChI is InChI=1S/C16H17NO2S/c1-3-19-15-6-4-5-12(16(15)18)11-17-13-7-9-14(20-2)10-8-13/h4-11,18H,3H2,1-2H3. The second kappa shape index (κ2) is 7.01. The van der Waals surface area contributed by atoms with E-state index >= 15 is 0 Å². The van der Waals surface area contributed by atoms with Gasteiger partial charge in [0.15, 0.2) is 11.5 Å². The molecule has 104 valence electrons. The Morgan fingerprint density at radius 2 is 1.95 bits per heavy atom. The van der Waals surface area contributed by atoms with Crippen LogP contribution in [0.25, 0.3) is 0 Å². The summed E-state index contributed by atoms with van der Waals surface area (Å²) >= 11 is 1.69. The largest absolute Gasteiger partial charge is 0.504 e. The summed E-state index contributed by atoms with van der Waals surface area (Å²) in [5.41, 5.74) is 1.49. The lowest BCUT2D eigenvalue weighted by Crippen LogP contribution is -1.93. The summed E-state index contributed by atoms with van der Waals surface area (Å²) < 4.78 is 5.35. The minimum Gasteiger partial charge on any atom is -0.504 e. The predicted molar refractivity (Wildman–Crippen MR) is 84.8 cm³/mol. The number of nitrogens with zero attached hydrogens (tertiary/aromatic N) is 1. The van der Waals surface area contributed by atoms with E-state index < -0.39 is 0 Å². The van der Waals surface area contributed by atoms with Crippen LogP contribution in [0.3, 0.4) is 0 Å². The fraction of sp³-hybridized carbons (Fsp3) is 0.188. The molecule has 0 radical (unpaired) electrons. The lowest BCUT2D eigenvalue weighted by atomic mass is 10.2. The third-order valence-electron chi connectivity index (χ3n) is 2.76. The van der Waals surface area contributed by atoms with Crippen molar-refractivity contribution >= 4 is 23.7 Å². The van der Waals surface area contributed by atoms with Gasteiger partial charge in [0.2, 0.25) is 0 Å². The monoisotopic (exact) mass is 287 g/mol. The Kier molecular flexibility index (Phi) is 5.07. The van der Waals surface area contributed by atoms with Crippen LogP contribution >= 0.6 is 11.8 Å². The van der Waals surface area contributed by atoms with Gasteiger partial charge in [-0.05, 0) is 49.6 Å². The Bertz CT molecular complexity index is 594. The average molecular weight is 287 g/mol. The van der Waals surface area contributed by atoms with E-state index in [4.69, 9.17) is 4.74 Å². The molecule has 20 heavy (non-hydrogen) atoms. The molecule has 0 saturated carbocycles. The Balaban J connectivity index is 2.20. The van der Waals surface area contributed by atoms with Crippen molar-refractivity contribution in [3.8, 4) is 11.5 Å². The van der Waals surface area contributed by atoms with E-state index in [2.05, 4.69) is 4.99 Å². The van der Waals surface area contributed by atoms with Crippen molar-refractivity contribution in [2.75, 3.05) is 12.9 Å². The number of benzene rings is 2. The van der Waals surface area contributed by atoms with Crippen molar-refractivity contribution in [3.05, 3.63) is 48.0 Å². The lowest BCUT2D eigenvalue weighted by molar-refractivity contribution is 0.318. The van der Waals surface area contributed by atoms with E-state index in [1.165, 1.54) is 4.90 Å². The molecule has 0 aliphatic heterocycles. The van der Waals surface area contributed by atoms with E-state index in [-0.39, 0.29) is 5.75 Å². The summed E-state index contributed by atoms with van der Waals surface area (Å²) in [6.45, 7) is 2.40. The number of aromatic hydroxyl groups is 1. The molecular weight excluding hydrogens is 270 g/mol. The number of phenols is 1. The summed E-state index contributed by atoms with van der Waals surface area (Å²) in [6.07, 6.45) is 3.68. The van der Waals surface area contributed by atoms with Crippen molar-refractivity contribution in [2.45, 2.75) is 11.8 Å². The third kappa shape index (κ3) is 3.54. The second-order valence-electron chi connectivity index (χ2n) is 4.08. The van der Waals surface area contributed by atoms with Crippen LogP contribution in [0.4, 0.5) is 5.69 Å². The molecule has 2 aromatic rings. The molecule has 3 nitrogen and oxygen atoms in total. The van der Waals surface area contributed by atoms with Crippen molar-refractivity contribution in [3.63, 3.8) is 0 Å². The van der Waals surface area contributed by atoms with E-state index in [9.17, 15) is 5.11 Å². The highest BCUT2D eigenvalue weighted by molar-refractivity contribution is 7.98. The highest BCUT2D eigenvalue weighted by atomic mass is 32.2. The molecule has 0 bridgehead atoms. The maximum Gasteiger partial charge on any atom is 0.166 e. The lowest BCUT2D eigenvalue weighted by Gasteiger charge is -2.07. The summed E-state index contributed by atoms with van der Waals surface area (Å²) in [5.74, 6) is 0.605. The molecule has 1 N–H and O–H groups in total. The molecule has 2 rings (SSSR count). The van der Waals surface area contributed by atoms with E-state index in [0.29, 0.717) is 17.9 Å². The Labute approximate surface area is 123 Å². The molecule has 0 aromatic heterocycles. The molecule has 0 spiro atoms. The molecular formula is C16H17NO2S. The van der Waals surface area contributed by atoms with Gasteiger partial charge in [-0.25, -0.2) is 0 Å². The third-order valence-corrected chi connectivity index (χ3v) is 3.50. The van der Waals surface area contributed by atoms with Gasteiger partial charge >= 0.3 is 0 Å².